The fourth-order valence-corrected chi connectivity index (χ4v) is 2.78. The molecule has 1 amide bonds. The molecule has 0 heterocycles. The Kier molecular flexibility index (Phi) is 4.56. The zero-order valence-corrected chi connectivity index (χ0v) is 13.3. The Morgan fingerprint density at radius 2 is 1.71 bits per heavy atom. The summed E-state index contributed by atoms with van der Waals surface area (Å²) < 4.78 is 22.3. The van der Waals surface area contributed by atoms with E-state index < -0.39 is 9.05 Å². The fraction of sp³-hybridized carbons (Fsp3) is 0.0714. The summed E-state index contributed by atoms with van der Waals surface area (Å²) in [6, 6.07) is 10.5. The lowest BCUT2D eigenvalue weighted by Crippen LogP contribution is -2.13. The summed E-state index contributed by atoms with van der Waals surface area (Å²) in [4.78, 5) is 12.1. The van der Waals surface area contributed by atoms with Gasteiger partial charge in [0.2, 0.25) is 0 Å². The second-order valence-electron chi connectivity index (χ2n) is 4.38. The summed E-state index contributed by atoms with van der Waals surface area (Å²) in [6.07, 6.45) is 0. The predicted octanol–water partition coefficient (Wildman–Crippen LogP) is 3.83. The van der Waals surface area contributed by atoms with Crippen molar-refractivity contribution in [3.63, 3.8) is 0 Å². The quantitative estimate of drug-likeness (QED) is 0.861. The van der Waals surface area contributed by atoms with Gasteiger partial charge >= 0.3 is 0 Å². The molecule has 0 bridgehead atoms. The van der Waals surface area contributed by atoms with Gasteiger partial charge in [0.15, 0.2) is 0 Å². The summed E-state index contributed by atoms with van der Waals surface area (Å²) in [5.74, 6) is -0.300. The maximum Gasteiger partial charge on any atom is 0.261 e. The van der Waals surface area contributed by atoms with Gasteiger partial charge < -0.3 is 5.32 Å². The number of carbonyl (C=O) groups excluding carboxylic acids is 1. The first-order valence-electron chi connectivity index (χ1n) is 5.89. The number of carbonyl (C=O) groups is 1. The van der Waals surface area contributed by atoms with Gasteiger partial charge in [0.1, 0.15) is 0 Å². The molecule has 2 aromatic rings. The highest BCUT2D eigenvalue weighted by molar-refractivity contribution is 8.13. The van der Waals surface area contributed by atoms with E-state index in [1.165, 1.54) is 24.3 Å². The van der Waals surface area contributed by atoms with E-state index in [-0.39, 0.29) is 10.8 Å². The van der Waals surface area contributed by atoms with E-state index in [0.29, 0.717) is 16.3 Å². The fourth-order valence-electron chi connectivity index (χ4n) is 1.78. The zero-order valence-electron chi connectivity index (χ0n) is 10.9. The minimum atomic E-state index is -3.77. The number of aryl methyl sites for hydroxylation is 1. The van der Waals surface area contributed by atoms with Crippen LogP contribution < -0.4 is 5.32 Å². The maximum absolute atomic E-state index is 12.1. The molecule has 0 unspecified atom stereocenters. The molecule has 0 spiro atoms. The molecule has 0 atom stereocenters. The molecule has 0 saturated heterocycles. The van der Waals surface area contributed by atoms with Crippen molar-refractivity contribution < 1.29 is 13.2 Å². The van der Waals surface area contributed by atoms with Crippen molar-refractivity contribution in [2.45, 2.75) is 11.8 Å². The Hall–Kier alpha value is -1.56. The third kappa shape index (κ3) is 3.97. The highest BCUT2D eigenvalue weighted by atomic mass is 35.7. The molecule has 2 aromatic carbocycles. The molecule has 7 heteroatoms. The van der Waals surface area contributed by atoms with Crippen molar-refractivity contribution in [3.05, 3.63) is 58.6 Å². The summed E-state index contributed by atoms with van der Waals surface area (Å²) in [5, 5.41) is 3.23. The Bertz CT molecular complexity index is 786. The van der Waals surface area contributed by atoms with Gasteiger partial charge in [-0.05, 0) is 55.0 Å². The molecule has 2 rings (SSSR count). The van der Waals surface area contributed by atoms with E-state index in [2.05, 4.69) is 5.32 Å². The van der Waals surface area contributed by atoms with Gasteiger partial charge in [0.05, 0.1) is 4.90 Å². The van der Waals surface area contributed by atoms with E-state index >= 15 is 0 Å². The largest absolute Gasteiger partial charge is 0.322 e. The normalized spacial score (nSPS) is 11.2. The zero-order chi connectivity index (χ0) is 15.6. The molecule has 0 saturated carbocycles. The average Bonchev–Trinajstić information content (AvgIpc) is 2.38. The van der Waals surface area contributed by atoms with Crippen LogP contribution in [0.1, 0.15) is 15.9 Å². The molecule has 4 nitrogen and oxygen atoms in total. The first-order chi connectivity index (χ1) is 9.77. The summed E-state index contributed by atoms with van der Waals surface area (Å²) in [7, 11) is 1.45. The van der Waals surface area contributed by atoms with Crippen LogP contribution in [0, 0.1) is 6.92 Å². The van der Waals surface area contributed by atoms with Gasteiger partial charge in [-0.25, -0.2) is 8.42 Å². The van der Waals surface area contributed by atoms with Crippen molar-refractivity contribution in [2.24, 2.45) is 0 Å². The Labute approximate surface area is 132 Å². The van der Waals surface area contributed by atoms with Crippen LogP contribution in [-0.4, -0.2) is 14.3 Å². The van der Waals surface area contributed by atoms with Crippen LogP contribution in [0.4, 0.5) is 5.69 Å². The number of hydrogen-bond acceptors (Lipinski definition) is 3. The van der Waals surface area contributed by atoms with Crippen molar-refractivity contribution in [1.82, 2.24) is 0 Å². The molecule has 110 valence electrons. The molecular formula is C14H11Cl2NO3S. The summed E-state index contributed by atoms with van der Waals surface area (Å²) in [5.41, 5.74) is 1.71. The van der Waals surface area contributed by atoms with Crippen LogP contribution in [-0.2, 0) is 9.05 Å². The molecule has 0 fully saturated rings. The predicted molar refractivity (Wildman–Crippen MR) is 83.6 cm³/mol. The van der Waals surface area contributed by atoms with Crippen LogP contribution in [0.3, 0.4) is 0 Å². The van der Waals surface area contributed by atoms with Crippen LogP contribution in [0.5, 0.6) is 0 Å². The molecule has 1 N–H and O–H groups in total. The third-order valence-corrected chi connectivity index (χ3v) is 4.43. The van der Waals surface area contributed by atoms with E-state index in [1.807, 2.05) is 0 Å². The molecule has 0 radical (unpaired) electrons. The van der Waals surface area contributed by atoms with E-state index in [4.69, 9.17) is 22.3 Å². The number of amides is 1. The van der Waals surface area contributed by atoms with Crippen molar-refractivity contribution in [3.8, 4) is 0 Å². The van der Waals surface area contributed by atoms with Crippen molar-refractivity contribution in [2.75, 3.05) is 5.32 Å². The number of nitrogens with one attached hydrogen (secondary N) is 1. The smallest absolute Gasteiger partial charge is 0.261 e. The lowest BCUT2D eigenvalue weighted by Gasteiger charge is -2.08. The molecule has 0 aliphatic heterocycles. The number of hydrogen-bond donors (Lipinski definition) is 1. The van der Waals surface area contributed by atoms with Gasteiger partial charge in [-0.3, -0.25) is 4.79 Å². The van der Waals surface area contributed by atoms with Gasteiger partial charge in [0.25, 0.3) is 15.0 Å². The van der Waals surface area contributed by atoms with Gasteiger partial charge in [-0.15, -0.1) is 0 Å². The van der Waals surface area contributed by atoms with Gasteiger partial charge in [0, 0.05) is 27.0 Å². The molecule has 0 aliphatic carbocycles. The monoisotopic (exact) mass is 343 g/mol. The summed E-state index contributed by atoms with van der Waals surface area (Å²) >= 11 is 5.84. The molecule has 0 aliphatic rings. The first-order valence-corrected chi connectivity index (χ1v) is 8.58. The van der Waals surface area contributed by atoms with Crippen molar-refractivity contribution in [1.29, 1.82) is 0 Å². The second kappa shape index (κ2) is 6.05. The van der Waals surface area contributed by atoms with E-state index in [0.717, 1.165) is 5.56 Å². The number of benzene rings is 2. The van der Waals surface area contributed by atoms with Crippen LogP contribution in [0.25, 0.3) is 0 Å². The average molecular weight is 344 g/mol. The summed E-state index contributed by atoms with van der Waals surface area (Å²) in [6.45, 7) is 1.78. The highest BCUT2D eigenvalue weighted by Gasteiger charge is 2.12. The van der Waals surface area contributed by atoms with Crippen LogP contribution in [0.2, 0.25) is 5.02 Å². The third-order valence-electron chi connectivity index (χ3n) is 2.83. The lowest BCUT2D eigenvalue weighted by molar-refractivity contribution is 0.102. The maximum atomic E-state index is 12.1. The van der Waals surface area contributed by atoms with Crippen LogP contribution in [0.15, 0.2) is 47.4 Å². The van der Waals surface area contributed by atoms with Gasteiger partial charge in [-0.2, -0.15) is 0 Å². The number of anilines is 1. The molecular weight excluding hydrogens is 333 g/mol. The second-order valence-corrected chi connectivity index (χ2v) is 7.38. The highest BCUT2D eigenvalue weighted by Crippen LogP contribution is 2.20. The standard InChI is InChI=1S/C14H11Cl2NO3S/c1-9-8-10(15)2-7-13(9)14(18)17-11-3-5-12(6-4-11)21(16,19)20/h2-8H,1H3,(H,17,18). The Morgan fingerprint density at radius 1 is 1.10 bits per heavy atom. The topological polar surface area (TPSA) is 63.2 Å². The van der Waals surface area contributed by atoms with Crippen molar-refractivity contribution >= 4 is 42.9 Å². The van der Waals surface area contributed by atoms with Crippen LogP contribution >= 0.6 is 22.3 Å². The lowest BCUT2D eigenvalue weighted by atomic mass is 10.1. The Morgan fingerprint density at radius 3 is 2.24 bits per heavy atom. The minimum Gasteiger partial charge on any atom is -0.322 e. The molecule has 0 aromatic heterocycles. The number of rotatable bonds is 3. The van der Waals surface area contributed by atoms with E-state index in [1.54, 1.807) is 25.1 Å². The SMILES string of the molecule is Cc1cc(Cl)ccc1C(=O)Nc1ccc(S(=O)(=O)Cl)cc1. The number of halogens is 2. The Balaban J connectivity index is 2.20. The van der Waals surface area contributed by atoms with E-state index in [9.17, 15) is 13.2 Å². The first kappa shape index (κ1) is 15.8. The van der Waals surface area contributed by atoms with Gasteiger partial charge in [-0.1, -0.05) is 11.6 Å². The molecule has 21 heavy (non-hydrogen) atoms. The minimum absolute atomic E-state index is 0.0233.